The predicted molar refractivity (Wildman–Crippen MR) is 82.1 cm³/mol. The van der Waals surface area contributed by atoms with E-state index in [1.165, 1.54) is 32.1 Å². The number of carbonyl (C=O) groups is 1. The van der Waals surface area contributed by atoms with Gasteiger partial charge in [0.1, 0.15) is 6.10 Å². The maximum absolute atomic E-state index is 12.4. The van der Waals surface area contributed by atoms with E-state index < -0.39 is 6.10 Å². The number of rotatable bonds is 4. The summed E-state index contributed by atoms with van der Waals surface area (Å²) in [6, 6.07) is 0. The largest absolute Gasteiger partial charge is 0.388 e. The van der Waals surface area contributed by atoms with Crippen LogP contribution in [0.2, 0.25) is 0 Å². The number of carbonyl (C=O) groups excluding carboxylic acids is 1. The Hall–Kier alpha value is -0.650. The van der Waals surface area contributed by atoms with E-state index >= 15 is 0 Å². The van der Waals surface area contributed by atoms with Gasteiger partial charge in [0.15, 0.2) is 0 Å². The minimum Gasteiger partial charge on any atom is -0.388 e. The van der Waals surface area contributed by atoms with Crippen LogP contribution in [0.25, 0.3) is 0 Å². The van der Waals surface area contributed by atoms with E-state index in [1.54, 1.807) is 4.90 Å². The first-order valence-corrected chi connectivity index (χ1v) is 8.40. The lowest BCUT2D eigenvalue weighted by molar-refractivity contribution is -0.132. The molecule has 1 amide bonds. The van der Waals surface area contributed by atoms with Gasteiger partial charge in [0, 0.05) is 13.1 Å². The van der Waals surface area contributed by atoms with Crippen LogP contribution in [0.3, 0.4) is 0 Å². The molecule has 5 nitrogen and oxygen atoms in total. The zero-order chi connectivity index (χ0) is 15.2. The Morgan fingerprint density at radius 3 is 2.38 bits per heavy atom. The average molecular weight is 298 g/mol. The zero-order valence-electron chi connectivity index (χ0n) is 13.5. The SMILES string of the molecule is CC(C)O[C@H]1CN(C(=O)CN2CCCCCCC2)C[C@@H]1O. The van der Waals surface area contributed by atoms with Crippen LogP contribution in [0, 0.1) is 0 Å². The highest BCUT2D eigenvalue weighted by molar-refractivity contribution is 5.78. The van der Waals surface area contributed by atoms with Crippen LogP contribution in [0.4, 0.5) is 0 Å². The van der Waals surface area contributed by atoms with Gasteiger partial charge in [0.25, 0.3) is 0 Å². The summed E-state index contributed by atoms with van der Waals surface area (Å²) in [7, 11) is 0. The normalized spacial score (nSPS) is 28.7. The predicted octanol–water partition coefficient (Wildman–Crippen LogP) is 1.25. The van der Waals surface area contributed by atoms with E-state index in [0.717, 1.165) is 13.1 Å². The van der Waals surface area contributed by atoms with Crippen molar-refractivity contribution in [3.8, 4) is 0 Å². The fourth-order valence-electron chi connectivity index (χ4n) is 3.21. The summed E-state index contributed by atoms with van der Waals surface area (Å²) < 4.78 is 5.67. The fraction of sp³-hybridized carbons (Fsp3) is 0.938. The maximum atomic E-state index is 12.4. The lowest BCUT2D eigenvalue weighted by atomic mass is 10.1. The summed E-state index contributed by atoms with van der Waals surface area (Å²) in [5.41, 5.74) is 0. The number of ether oxygens (including phenoxy) is 1. The second-order valence-corrected chi connectivity index (χ2v) is 6.63. The van der Waals surface area contributed by atoms with E-state index in [4.69, 9.17) is 4.74 Å². The molecule has 2 saturated heterocycles. The highest BCUT2D eigenvalue weighted by Gasteiger charge is 2.35. The van der Waals surface area contributed by atoms with Gasteiger partial charge in [-0.1, -0.05) is 19.3 Å². The van der Waals surface area contributed by atoms with Crippen molar-refractivity contribution in [3.05, 3.63) is 0 Å². The van der Waals surface area contributed by atoms with E-state index in [2.05, 4.69) is 4.90 Å². The molecule has 0 radical (unpaired) electrons. The minimum atomic E-state index is -0.552. The van der Waals surface area contributed by atoms with Gasteiger partial charge in [-0.2, -0.15) is 0 Å². The molecule has 0 spiro atoms. The molecule has 122 valence electrons. The number of amides is 1. The first-order valence-electron chi connectivity index (χ1n) is 8.40. The van der Waals surface area contributed by atoms with Gasteiger partial charge in [-0.25, -0.2) is 0 Å². The van der Waals surface area contributed by atoms with E-state index in [-0.39, 0.29) is 18.1 Å². The summed E-state index contributed by atoms with van der Waals surface area (Å²) >= 11 is 0. The van der Waals surface area contributed by atoms with E-state index in [9.17, 15) is 9.90 Å². The molecule has 2 fully saturated rings. The molecule has 2 atom stereocenters. The number of hydrogen-bond donors (Lipinski definition) is 1. The number of aliphatic hydroxyl groups excluding tert-OH is 1. The number of likely N-dealkylation sites (tertiary alicyclic amines) is 2. The number of aliphatic hydroxyl groups is 1. The van der Waals surface area contributed by atoms with Crippen molar-refractivity contribution in [2.45, 2.75) is 64.3 Å². The first-order chi connectivity index (χ1) is 10.1. The summed E-state index contributed by atoms with van der Waals surface area (Å²) in [6.07, 6.45) is 5.55. The minimum absolute atomic E-state index is 0.0778. The number of β-amino-alcohol motifs (C(OH)–C–C–N with tert-alkyl or cyclic N) is 1. The Balaban J connectivity index is 1.80. The van der Waals surface area contributed by atoms with Crippen LogP contribution in [0.1, 0.15) is 46.0 Å². The zero-order valence-corrected chi connectivity index (χ0v) is 13.5. The van der Waals surface area contributed by atoms with Gasteiger partial charge >= 0.3 is 0 Å². The summed E-state index contributed by atoms with van der Waals surface area (Å²) in [4.78, 5) is 16.4. The Labute approximate surface area is 128 Å². The molecule has 0 aliphatic carbocycles. The second kappa shape index (κ2) is 8.11. The molecule has 5 heteroatoms. The van der Waals surface area contributed by atoms with Crippen molar-refractivity contribution < 1.29 is 14.6 Å². The van der Waals surface area contributed by atoms with E-state index in [0.29, 0.717) is 19.6 Å². The Morgan fingerprint density at radius 1 is 1.14 bits per heavy atom. The van der Waals surface area contributed by atoms with Crippen molar-refractivity contribution in [3.63, 3.8) is 0 Å². The number of nitrogens with zero attached hydrogens (tertiary/aromatic N) is 2. The van der Waals surface area contributed by atoms with Crippen molar-refractivity contribution in [2.75, 3.05) is 32.7 Å². The maximum Gasteiger partial charge on any atom is 0.236 e. The molecule has 21 heavy (non-hydrogen) atoms. The highest BCUT2D eigenvalue weighted by atomic mass is 16.5. The van der Waals surface area contributed by atoms with Crippen molar-refractivity contribution >= 4 is 5.91 Å². The van der Waals surface area contributed by atoms with Gasteiger partial charge in [-0.05, 0) is 39.8 Å². The molecule has 1 N–H and O–H groups in total. The molecule has 0 saturated carbocycles. The molecule has 0 aromatic rings. The lowest BCUT2D eigenvalue weighted by Gasteiger charge is -2.26. The molecular formula is C16H30N2O3. The van der Waals surface area contributed by atoms with Gasteiger partial charge in [0.2, 0.25) is 5.91 Å². The van der Waals surface area contributed by atoms with Crippen LogP contribution in [-0.4, -0.2) is 71.8 Å². The van der Waals surface area contributed by atoms with Crippen LogP contribution < -0.4 is 0 Å². The lowest BCUT2D eigenvalue weighted by Crippen LogP contribution is -2.41. The molecule has 0 unspecified atom stereocenters. The molecule has 2 rings (SSSR count). The van der Waals surface area contributed by atoms with Gasteiger partial charge in [-0.3, -0.25) is 9.69 Å². The van der Waals surface area contributed by atoms with E-state index in [1.807, 2.05) is 13.8 Å². The third-order valence-corrected chi connectivity index (χ3v) is 4.34. The quantitative estimate of drug-likeness (QED) is 0.849. The number of hydrogen-bond acceptors (Lipinski definition) is 4. The fourth-order valence-corrected chi connectivity index (χ4v) is 3.21. The third kappa shape index (κ3) is 5.24. The summed E-state index contributed by atoms with van der Waals surface area (Å²) in [5.74, 6) is 0.129. The summed E-state index contributed by atoms with van der Waals surface area (Å²) in [5, 5.41) is 10.0. The average Bonchev–Trinajstić information content (AvgIpc) is 2.73. The smallest absolute Gasteiger partial charge is 0.236 e. The van der Waals surface area contributed by atoms with Crippen molar-refractivity contribution in [2.24, 2.45) is 0 Å². The summed E-state index contributed by atoms with van der Waals surface area (Å²) in [6.45, 7) is 7.37. The Morgan fingerprint density at radius 2 is 1.76 bits per heavy atom. The topological polar surface area (TPSA) is 53.0 Å². The van der Waals surface area contributed by atoms with Crippen LogP contribution >= 0.6 is 0 Å². The first kappa shape index (κ1) is 16.7. The second-order valence-electron chi connectivity index (χ2n) is 6.63. The molecule has 2 aliphatic rings. The van der Waals surface area contributed by atoms with Gasteiger partial charge in [-0.15, -0.1) is 0 Å². The van der Waals surface area contributed by atoms with Gasteiger partial charge < -0.3 is 14.7 Å². The van der Waals surface area contributed by atoms with Crippen molar-refractivity contribution in [1.82, 2.24) is 9.80 Å². The molecule has 2 aliphatic heterocycles. The highest BCUT2D eigenvalue weighted by Crippen LogP contribution is 2.16. The monoisotopic (exact) mass is 298 g/mol. The van der Waals surface area contributed by atoms with Crippen molar-refractivity contribution in [1.29, 1.82) is 0 Å². The molecule has 0 aromatic heterocycles. The third-order valence-electron chi connectivity index (χ3n) is 4.34. The van der Waals surface area contributed by atoms with Crippen LogP contribution in [0.15, 0.2) is 0 Å². The van der Waals surface area contributed by atoms with Gasteiger partial charge in [0.05, 0.1) is 18.8 Å². The molecule has 0 bridgehead atoms. The van der Waals surface area contributed by atoms with Crippen LogP contribution in [0.5, 0.6) is 0 Å². The molecule has 2 heterocycles. The van der Waals surface area contributed by atoms with Crippen LogP contribution in [-0.2, 0) is 9.53 Å². The standard InChI is InChI=1S/C16H30N2O3/c1-13(2)21-15-11-18(10-14(15)19)16(20)12-17-8-6-4-3-5-7-9-17/h13-15,19H,3-12H2,1-2H3/t14-,15-/m0/s1. The molecular weight excluding hydrogens is 268 g/mol. The molecule has 0 aromatic carbocycles. The Kier molecular flexibility index (Phi) is 6.45. The Bertz CT molecular complexity index is 327.